The van der Waals surface area contributed by atoms with Crippen LogP contribution in [-0.2, 0) is 4.74 Å². The highest BCUT2D eigenvalue weighted by Crippen LogP contribution is 2.28. The summed E-state index contributed by atoms with van der Waals surface area (Å²) in [4.78, 5) is 2.37. The molecule has 3 rings (SSSR count). The Bertz CT molecular complexity index is 333. The van der Waals surface area contributed by atoms with Crippen molar-refractivity contribution in [2.75, 3.05) is 19.7 Å². The first-order valence-corrected chi connectivity index (χ1v) is 5.59. The van der Waals surface area contributed by atoms with Crippen LogP contribution in [-0.4, -0.2) is 30.6 Å². The average molecular weight is 204 g/mol. The molecule has 3 aliphatic rings. The Morgan fingerprint density at radius 3 is 3.40 bits per heavy atom. The fraction of sp³-hybridized carbons (Fsp3) is 0.500. The lowest BCUT2D eigenvalue weighted by Gasteiger charge is -2.35. The maximum absolute atomic E-state index is 5.37. The minimum absolute atomic E-state index is 0.456. The van der Waals surface area contributed by atoms with Crippen LogP contribution in [0.25, 0.3) is 0 Å². The molecule has 1 N–H and O–H groups in total. The summed E-state index contributed by atoms with van der Waals surface area (Å²) in [7, 11) is 0. The Morgan fingerprint density at radius 2 is 2.40 bits per heavy atom. The molecule has 0 radical (unpaired) electrons. The fourth-order valence-electron chi connectivity index (χ4n) is 2.51. The molecule has 2 atom stereocenters. The lowest BCUT2D eigenvalue weighted by Crippen LogP contribution is -2.41. The number of fused-ring (bicyclic) bond motifs is 3. The summed E-state index contributed by atoms with van der Waals surface area (Å²) in [5, 5.41) is 3.52. The predicted octanol–water partition coefficient (Wildman–Crippen LogP) is 1.22. The Labute approximate surface area is 90.1 Å². The molecule has 15 heavy (non-hydrogen) atoms. The van der Waals surface area contributed by atoms with E-state index in [4.69, 9.17) is 4.74 Å². The Balaban J connectivity index is 1.94. The van der Waals surface area contributed by atoms with E-state index in [0.717, 1.165) is 26.1 Å². The lowest BCUT2D eigenvalue weighted by atomic mass is 9.96. The van der Waals surface area contributed by atoms with E-state index >= 15 is 0 Å². The molecular formula is C12H16N2O. The molecule has 0 bridgehead atoms. The maximum atomic E-state index is 5.37. The zero-order valence-electron chi connectivity index (χ0n) is 8.73. The second kappa shape index (κ2) is 3.74. The van der Waals surface area contributed by atoms with E-state index in [-0.39, 0.29) is 0 Å². The van der Waals surface area contributed by atoms with Gasteiger partial charge in [-0.25, -0.2) is 0 Å². The number of hydrogen-bond donors (Lipinski definition) is 1. The summed E-state index contributed by atoms with van der Waals surface area (Å²) in [5.41, 5.74) is 1.44. The van der Waals surface area contributed by atoms with Crippen LogP contribution in [0, 0.1) is 5.92 Å². The third-order valence-corrected chi connectivity index (χ3v) is 3.31. The maximum Gasteiger partial charge on any atom is 0.109 e. The van der Waals surface area contributed by atoms with Gasteiger partial charge in [0.25, 0.3) is 0 Å². The number of nitrogens with one attached hydrogen (secondary N) is 1. The fourth-order valence-corrected chi connectivity index (χ4v) is 2.51. The first-order valence-electron chi connectivity index (χ1n) is 5.59. The second-order valence-corrected chi connectivity index (χ2v) is 4.29. The van der Waals surface area contributed by atoms with Crippen molar-refractivity contribution in [3.63, 3.8) is 0 Å². The van der Waals surface area contributed by atoms with E-state index in [1.807, 2.05) is 0 Å². The van der Waals surface area contributed by atoms with Crippen LogP contribution in [0.4, 0.5) is 0 Å². The summed E-state index contributed by atoms with van der Waals surface area (Å²) in [6.45, 7) is 2.88. The molecule has 0 aromatic heterocycles. The molecule has 0 spiro atoms. The summed E-state index contributed by atoms with van der Waals surface area (Å²) in [6, 6.07) is 0.456. The summed E-state index contributed by atoms with van der Waals surface area (Å²) in [5.74, 6) is 0.628. The molecule has 0 aromatic carbocycles. The standard InChI is InChI=1S/C12H16N2O/c1-2-4-12-10(3-1)7-13-8-11-9-15-6-5-14(11)12/h1-2,4-6,10-11,13H,3,7-9H2. The molecule has 3 nitrogen and oxygen atoms in total. The highest BCUT2D eigenvalue weighted by atomic mass is 16.5. The predicted molar refractivity (Wildman–Crippen MR) is 58.9 cm³/mol. The van der Waals surface area contributed by atoms with Gasteiger partial charge in [0.05, 0.1) is 12.3 Å². The van der Waals surface area contributed by atoms with Crippen molar-refractivity contribution >= 4 is 0 Å². The number of allylic oxidation sites excluding steroid dienone is 3. The van der Waals surface area contributed by atoms with Gasteiger partial charge in [-0.3, -0.25) is 0 Å². The van der Waals surface area contributed by atoms with Crippen LogP contribution in [0.1, 0.15) is 6.42 Å². The molecule has 0 aromatic rings. The van der Waals surface area contributed by atoms with Crippen molar-refractivity contribution in [1.29, 1.82) is 0 Å². The number of hydrogen-bond acceptors (Lipinski definition) is 3. The minimum atomic E-state index is 0.456. The quantitative estimate of drug-likeness (QED) is 0.642. The third kappa shape index (κ3) is 1.57. The van der Waals surface area contributed by atoms with Gasteiger partial charge in [-0.05, 0) is 12.5 Å². The largest absolute Gasteiger partial charge is 0.497 e. The molecule has 1 saturated heterocycles. The van der Waals surface area contributed by atoms with E-state index in [0.29, 0.717) is 12.0 Å². The molecule has 2 unspecified atom stereocenters. The van der Waals surface area contributed by atoms with Gasteiger partial charge in [0, 0.05) is 30.9 Å². The first kappa shape index (κ1) is 9.04. The molecule has 0 saturated carbocycles. The van der Waals surface area contributed by atoms with Gasteiger partial charge in [0.2, 0.25) is 0 Å². The van der Waals surface area contributed by atoms with Gasteiger partial charge in [-0.1, -0.05) is 12.2 Å². The molecule has 2 aliphatic heterocycles. The minimum Gasteiger partial charge on any atom is -0.497 e. The SMILES string of the molecule is C1=CCC2CNCC3COC=CN3C2=C1. The Hall–Kier alpha value is -1.22. The number of rotatable bonds is 0. The summed E-state index contributed by atoms with van der Waals surface area (Å²) < 4.78 is 5.37. The van der Waals surface area contributed by atoms with Crippen LogP contribution in [0.15, 0.2) is 36.4 Å². The molecule has 1 fully saturated rings. The van der Waals surface area contributed by atoms with Crippen LogP contribution < -0.4 is 5.32 Å². The molecule has 3 heteroatoms. The first-order chi connectivity index (χ1) is 7.45. The number of nitrogens with zero attached hydrogens (tertiary/aromatic N) is 1. The van der Waals surface area contributed by atoms with Gasteiger partial charge in [0.1, 0.15) is 6.61 Å². The van der Waals surface area contributed by atoms with Crippen molar-refractivity contribution < 1.29 is 4.74 Å². The third-order valence-electron chi connectivity index (χ3n) is 3.31. The van der Waals surface area contributed by atoms with Crippen molar-refractivity contribution in [1.82, 2.24) is 10.2 Å². The zero-order chi connectivity index (χ0) is 10.1. The topological polar surface area (TPSA) is 24.5 Å². The monoisotopic (exact) mass is 204 g/mol. The summed E-state index contributed by atoms with van der Waals surface area (Å²) >= 11 is 0. The Kier molecular flexibility index (Phi) is 2.25. The molecule has 80 valence electrons. The lowest BCUT2D eigenvalue weighted by molar-refractivity contribution is 0.133. The van der Waals surface area contributed by atoms with Crippen LogP contribution in [0.5, 0.6) is 0 Å². The molecular weight excluding hydrogens is 188 g/mol. The van der Waals surface area contributed by atoms with Crippen LogP contribution >= 0.6 is 0 Å². The molecule has 1 aliphatic carbocycles. The van der Waals surface area contributed by atoms with Crippen LogP contribution in [0.3, 0.4) is 0 Å². The normalized spacial score (nSPS) is 33.6. The smallest absolute Gasteiger partial charge is 0.109 e. The van der Waals surface area contributed by atoms with E-state index in [1.165, 1.54) is 5.70 Å². The number of ether oxygens (including phenoxy) is 1. The van der Waals surface area contributed by atoms with Crippen LogP contribution in [0.2, 0.25) is 0 Å². The van der Waals surface area contributed by atoms with Gasteiger partial charge in [-0.2, -0.15) is 0 Å². The van der Waals surface area contributed by atoms with Gasteiger partial charge < -0.3 is 15.0 Å². The van der Waals surface area contributed by atoms with Gasteiger partial charge in [-0.15, -0.1) is 0 Å². The van der Waals surface area contributed by atoms with E-state index in [1.54, 1.807) is 6.26 Å². The van der Waals surface area contributed by atoms with Gasteiger partial charge in [0.15, 0.2) is 0 Å². The molecule has 0 amide bonds. The summed E-state index contributed by atoms with van der Waals surface area (Å²) in [6.07, 6.45) is 11.7. The Morgan fingerprint density at radius 1 is 1.40 bits per heavy atom. The highest BCUT2D eigenvalue weighted by Gasteiger charge is 2.30. The van der Waals surface area contributed by atoms with Gasteiger partial charge >= 0.3 is 0 Å². The zero-order valence-corrected chi connectivity index (χ0v) is 8.73. The van der Waals surface area contributed by atoms with E-state index in [9.17, 15) is 0 Å². The molecule has 2 heterocycles. The van der Waals surface area contributed by atoms with Crippen molar-refractivity contribution in [2.45, 2.75) is 12.5 Å². The van der Waals surface area contributed by atoms with Crippen molar-refractivity contribution in [3.05, 3.63) is 36.4 Å². The van der Waals surface area contributed by atoms with Crippen molar-refractivity contribution in [3.8, 4) is 0 Å². The second-order valence-electron chi connectivity index (χ2n) is 4.29. The van der Waals surface area contributed by atoms with E-state index in [2.05, 4.69) is 34.6 Å². The van der Waals surface area contributed by atoms with Crippen molar-refractivity contribution in [2.24, 2.45) is 5.92 Å². The highest BCUT2D eigenvalue weighted by molar-refractivity contribution is 5.24. The average Bonchev–Trinajstić information content (AvgIpc) is 2.48. The van der Waals surface area contributed by atoms with E-state index < -0.39 is 0 Å².